The molecule has 2 unspecified atom stereocenters. The first-order chi connectivity index (χ1) is 12.0. The Balaban J connectivity index is 4.26. The van der Waals surface area contributed by atoms with Crippen molar-refractivity contribution >= 4 is 15.5 Å². The van der Waals surface area contributed by atoms with Crippen LogP contribution in [0.25, 0.3) is 0 Å². The van der Waals surface area contributed by atoms with Crippen molar-refractivity contribution in [3.05, 3.63) is 12.2 Å². The van der Waals surface area contributed by atoms with Crippen LogP contribution >= 0.6 is 0 Å². The van der Waals surface area contributed by atoms with Crippen LogP contribution in [-0.2, 0) is 22.8 Å². The average Bonchev–Trinajstić information content (AvgIpc) is 2.59. The molecule has 2 atom stereocenters. The normalized spacial score (nSPS) is 13.7. The summed E-state index contributed by atoms with van der Waals surface area (Å²) in [5, 5.41) is 0. The summed E-state index contributed by atoms with van der Waals surface area (Å²) < 4.78 is 22.9. The molecule has 0 bridgehead atoms. The summed E-state index contributed by atoms with van der Waals surface area (Å²) in [6, 6.07) is 0. The second-order valence-electron chi connectivity index (χ2n) is 6.40. The average molecular weight is 374 g/mol. The molecule has 0 aromatic rings. The molecule has 0 saturated carbocycles. The molecule has 0 aliphatic heterocycles. The van der Waals surface area contributed by atoms with E-state index in [0.29, 0.717) is 25.4 Å². The van der Waals surface area contributed by atoms with Gasteiger partial charge in [-0.1, -0.05) is 47.1 Å². The lowest BCUT2D eigenvalue weighted by Gasteiger charge is -2.23. The highest BCUT2D eigenvalue weighted by Gasteiger charge is 2.23. The Bertz CT molecular complexity index is 352. The Hall–Kier alpha value is -0.693. The summed E-state index contributed by atoms with van der Waals surface area (Å²) in [6.07, 6.45) is 5.66. The lowest BCUT2D eigenvalue weighted by molar-refractivity contribution is -0.147. The highest BCUT2D eigenvalue weighted by atomic mass is 28.3. The molecule has 0 heterocycles. The number of carbonyl (C=O) groups excluding carboxylic acids is 1. The van der Waals surface area contributed by atoms with E-state index in [1.165, 1.54) is 0 Å². The van der Waals surface area contributed by atoms with E-state index in [0.717, 1.165) is 38.5 Å². The molecule has 0 spiro atoms. The van der Waals surface area contributed by atoms with Gasteiger partial charge in [0.1, 0.15) is 6.10 Å². The van der Waals surface area contributed by atoms with E-state index < -0.39 is 9.53 Å². The highest BCUT2D eigenvalue weighted by Crippen LogP contribution is 2.17. The van der Waals surface area contributed by atoms with E-state index in [-0.39, 0.29) is 18.0 Å². The van der Waals surface area contributed by atoms with E-state index in [9.17, 15) is 4.79 Å². The van der Waals surface area contributed by atoms with Crippen molar-refractivity contribution < 1.29 is 22.8 Å². The minimum Gasteiger partial charge on any atom is -0.459 e. The van der Waals surface area contributed by atoms with Crippen molar-refractivity contribution in [3.63, 3.8) is 0 Å². The van der Waals surface area contributed by atoms with Crippen LogP contribution in [0.4, 0.5) is 0 Å². The second-order valence-corrected chi connectivity index (χ2v) is 7.77. The maximum absolute atomic E-state index is 11.7. The quantitative estimate of drug-likeness (QED) is 0.172. The first-order valence-electron chi connectivity index (χ1n) is 9.57. The molecular weight excluding hydrogens is 336 g/mol. The third-order valence-corrected chi connectivity index (χ3v) is 5.19. The maximum atomic E-state index is 11.7. The summed E-state index contributed by atoms with van der Waals surface area (Å²) >= 11 is 0. The zero-order valence-corrected chi connectivity index (χ0v) is 17.8. The standard InChI is InChI=1S/C19H37O5Si/c1-7-10-13-21-25(22-14-11-8-2)23-15-12-17(6)18(9-3)24-19(20)16(4)5/h17-18H,4,7-15H2,1-3,5-6H3. The third kappa shape index (κ3) is 12.3. The number of esters is 1. The zero-order chi connectivity index (χ0) is 19.1. The fourth-order valence-corrected chi connectivity index (χ4v) is 3.24. The Morgan fingerprint density at radius 1 is 1.00 bits per heavy atom. The van der Waals surface area contributed by atoms with Gasteiger partial charge in [-0.25, -0.2) is 4.79 Å². The van der Waals surface area contributed by atoms with Crippen LogP contribution in [0.3, 0.4) is 0 Å². The van der Waals surface area contributed by atoms with Crippen LogP contribution < -0.4 is 0 Å². The number of rotatable bonds is 16. The number of ether oxygens (including phenoxy) is 1. The molecule has 0 N–H and O–H groups in total. The van der Waals surface area contributed by atoms with E-state index in [1.54, 1.807) is 6.92 Å². The first-order valence-corrected chi connectivity index (χ1v) is 10.8. The van der Waals surface area contributed by atoms with Crippen molar-refractivity contribution in [3.8, 4) is 0 Å². The Kier molecular flexibility index (Phi) is 15.1. The number of carbonyl (C=O) groups is 1. The van der Waals surface area contributed by atoms with Gasteiger partial charge >= 0.3 is 15.5 Å². The van der Waals surface area contributed by atoms with Gasteiger partial charge in [0.25, 0.3) is 0 Å². The van der Waals surface area contributed by atoms with Gasteiger partial charge in [0.05, 0.1) is 0 Å². The van der Waals surface area contributed by atoms with Gasteiger partial charge in [0.15, 0.2) is 0 Å². The molecular formula is C19H37O5Si. The fraction of sp³-hybridized carbons (Fsp3) is 0.842. The predicted octanol–water partition coefficient (Wildman–Crippen LogP) is 4.55. The summed E-state index contributed by atoms with van der Waals surface area (Å²) in [4.78, 5) is 11.7. The molecule has 6 heteroatoms. The Labute approximate surface area is 156 Å². The number of unbranched alkanes of at least 4 members (excludes halogenated alkanes) is 2. The molecule has 0 saturated heterocycles. The lowest BCUT2D eigenvalue weighted by Crippen LogP contribution is -2.31. The Morgan fingerprint density at radius 2 is 1.52 bits per heavy atom. The molecule has 25 heavy (non-hydrogen) atoms. The second kappa shape index (κ2) is 15.6. The van der Waals surface area contributed by atoms with E-state index in [4.69, 9.17) is 18.0 Å². The zero-order valence-electron chi connectivity index (χ0n) is 16.8. The molecule has 1 radical (unpaired) electrons. The number of hydrogen-bond acceptors (Lipinski definition) is 5. The molecule has 0 aromatic heterocycles. The minimum absolute atomic E-state index is 0.120. The van der Waals surface area contributed by atoms with Crippen LogP contribution in [-0.4, -0.2) is 41.4 Å². The highest BCUT2D eigenvalue weighted by molar-refractivity contribution is 6.36. The summed E-state index contributed by atoms with van der Waals surface area (Å²) in [6.45, 7) is 15.6. The van der Waals surface area contributed by atoms with Crippen molar-refractivity contribution in [1.82, 2.24) is 0 Å². The van der Waals surface area contributed by atoms with E-state index >= 15 is 0 Å². The van der Waals surface area contributed by atoms with E-state index in [1.807, 2.05) is 6.92 Å². The summed E-state index contributed by atoms with van der Waals surface area (Å²) in [5.41, 5.74) is 0.432. The first kappa shape index (κ1) is 24.3. The van der Waals surface area contributed by atoms with Gasteiger partial charge < -0.3 is 18.0 Å². The lowest BCUT2D eigenvalue weighted by atomic mass is 9.99. The molecule has 0 rings (SSSR count). The van der Waals surface area contributed by atoms with Crippen LogP contribution in [0.2, 0.25) is 0 Å². The molecule has 0 fully saturated rings. The molecule has 0 aliphatic carbocycles. The SMILES string of the molecule is C=C(C)C(=O)OC(CC)C(C)CCO[Si](OCCCC)OCCCC. The van der Waals surface area contributed by atoms with Crippen LogP contribution in [0.5, 0.6) is 0 Å². The van der Waals surface area contributed by atoms with Crippen molar-refractivity contribution in [2.75, 3.05) is 19.8 Å². The topological polar surface area (TPSA) is 54.0 Å². The van der Waals surface area contributed by atoms with Gasteiger partial charge in [-0.2, -0.15) is 0 Å². The van der Waals surface area contributed by atoms with Crippen molar-refractivity contribution in [2.45, 2.75) is 79.2 Å². The van der Waals surface area contributed by atoms with Gasteiger partial charge in [-0.05, 0) is 38.5 Å². The van der Waals surface area contributed by atoms with Crippen LogP contribution in [0.1, 0.15) is 73.1 Å². The predicted molar refractivity (Wildman–Crippen MR) is 102 cm³/mol. The Morgan fingerprint density at radius 3 is 1.96 bits per heavy atom. The van der Waals surface area contributed by atoms with Gasteiger partial charge in [-0.15, -0.1) is 0 Å². The molecule has 147 valence electrons. The van der Waals surface area contributed by atoms with E-state index in [2.05, 4.69) is 27.4 Å². The van der Waals surface area contributed by atoms with Crippen LogP contribution in [0, 0.1) is 5.92 Å². The van der Waals surface area contributed by atoms with Gasteiger partial charge in [0.2, 0.25) is 0 Å². The largest absolute Gasteiger partial charge is 0.577 e. The minimum atomic E-state index is -1.67. The van der Waals surface area contributed by atoms with Gasteiger partial charge in [0, 0.05) is 25.4 Å². The molecule has 5 nitrogen and oxygen atoms in total. The summed E-state index contributed by atoms with van der Waals surface area (Å²) in [5.74, 6) is -0.113. The van der Waals surface area contributed by atoms with Crippen LogP contribution in [0.15, 0.2) is 12.2 Å². The third-order valence-electron chi connectivity index (χ3n) is 3.87. The van der Waals surface area contributed by atoms with Crippen molar-refractivity contribution in [2.24, 2.45) is 5.92 Å². The maximum Gasteiger partial charge on any atom is 0.577 e. The van der Waals surface area contributed by atoms with Crippen molar-refractivity contribution in [1.29, 1.82) is 0 Å². The molecule has 0 amide bonds. The summed E-state index contributed by atoms with van der Waals surface area (Å²) in [7, 11) is -1.67. The number of hydrogen-bond donors (Lipinski definition) is 0. The fourth-order valence-electron chi connectivity index (χ4n) is 2.08. The monoisotopic (exact) mass is 373 g/mol. The smallest absolute Gasteiger partial charge is 0.459 e. The molecule has 0 aliphatic rings. The van der Waals surface area contributed by atoms with Gasteiger partial charge in [-0.3, -0.25) is 0 Å². The molecule has 0 aromatic carbocycles.